The topological polar surface area (TPSA) is 35.3 Å². The van der Waals surface area contributed by atoms with Gasteiger partial charge in [0.2, 0.25) is 0 Å². The number of benzene rings is 1. The van der Waals surface area contributed by atoms with E-state index in [0.717, 1.165) is 29.9 Å². The highest BCUT2D eigenvalue weighted by molar-refractivity contribution is 5.79. The van der Waals surface area contributed by atoms with Gasteiger partial charge in [-0.05, 0) is 18.6 Å². The van der Waals surface area contributed by atoms with Crippen LogP contribution in [0.5, 0.6) is 5.75 Å². The van der Waals surface area contributed by atoms with Crippen molar-refractivity contribution in [2.75, 3.05) is 6.61 Å². The molecule has 0 saturated carbocycles. The minimum absolute atomic E-state index is 0.684. The van der Waals surface area contributed by atoms with Crippen LogP contribution >= 0.6 is 0 Å². The van der Waals surface area contributed by atoms with Gasteiger partial charge in [-0.15, -0.1) is 0 Å². The number of hydrogen-bond donors (Lipinski definition) is 0. The van der Waals surface area contributed by atoms with Gasteiger partial charge in [-0.3, -0.25) is 0 Å². The van der Waals surface area contributed by atoms with Gasteiger partial charge >= 0.3 is 0 Å². The minimum Gasteiger partial charge on any atom is -0.490 e. The molecule has 0 atom stereocenters. The molecule has 0 saturated heterocycles. The van der Waals surface area contributed by atoms with E-state index in [1.807, 2.05) is 25.1 Å². The average molecular weight is 247 g/mol. The predicted octanol–water partition coefficient (Wildman–Crippen LogP) is 4.49. The lowest BCUT2D eigenvalue weighted by molar-refractivity contribution is 0.303. The van der Waals surface area contributed by atoms with Gasteiger partial charge in [0, 0.05) is 6.92 Å². The Hall–Kier alpha value is -1.51. The molecule has 0 aliphatic carbocycles. The molecule has 0 spiro atoms. The molecule has 98 valence electrons. The minimum atomic E-state index is 0.684. The summed E-state index contributed by atoms with van der Waals surface area (Å²) in [6, 6.07) is 5.84. The number of oxazole rings is 1. The Bertz CT molecular complexity index is 490. The first-order valence-electron chi connectivity index (χ1n) is 6.80. The highest BCUT2D eigenvalue weighted by atomic mass is 16.5. The summed E-state index contributed by atoms with van der Waals surface area (Å²) in [4.78, 5) is 4.30. The van der Waals surface area contributed by atoms with Crippen molar-refractivity contribution in [1.82, 2.24) is 4.98 Å². The van der Waals surface area contributed by atoms with Crippen LogP contribution in [-0.4, -0.2) is 11.6 Å². The highest BCUT2D eigenvalue weighted by Gasteiger charge is 2.07. The lowest BCUT2D eigenvalue weighted by Crippen LogP contribution is -1.97. The molecule has 3 heteroatoms. The molecule has 0 aliphatic heterocycles. The van der Waals surface area contributed by atoms with E-state index in [1.54, 1.807) is 0 Å². The number of nitrogens with zero attached hydrogens (tertiary/aromatic N) is 1. The largest absolute Gasteiger partial charge is 0.490 e. The first-order chi connectivity index (χ1) is 8.81. The molecule has 0 fully saturated rings. The smallest absolute Gasteiger partial charge is 0.196 e. The Morgan fingerprint density at radius 2 is 2.00 bits per heavy atom. The zero-order valence-corrected chi connectivity index (χ0v) is 11.2. The molecule has 2 rings (SSSR count). The molecule has 3 nitrogen and oxygen atoms in total. The van der Waals surface area contributed by atoms with Gasteiger partial charge in [0.05, 0.1) is 6.61 Å². The maximum absolute atomic E-state index is 5.78. The number of ether oxygens (including phenoxy) is 1. The first kappa shape index (κ1) is 12.9. The molecule has 2 aromatic rings. The van der Waals surface area contributed by atoms with Gasteiger partial charge in [-0.1, -0.05) is 38.7 Å². The summed E-state index contributed by atoms with van der Waals surface area (Å²) in [5.41, 5.74) is 1.64. The summed E-state index contributed by atoms with van der Waals surface area (Å²) in [6.07, 6.45) is 6.22. The second-order valence-electron chi connectivity index (χ2n) is 4.60. The van der Waals surface area contributed by atoms with Crippen molar-refractivity contribution in [2.24, 2.45) is 0 Å². The summed E-state index contributed by atoms with van der Waals surface area (Å²) in [6.45, 7) is 4.83. The van der Waals surface area contributed by atoms with Crippen LogP contribution < -0.4 is 4.74 Å². The Labute approximate surface area is 108 Å². The Kier molecular flexibility index (Phi) is 4.62. The number of aromatic nitrogens is 1. The van der Waals surface area contributed by atoms with Crippen molar-refractivity contribution in [3.63, 3.8) is 0 Å². The van der Waals surface area contributed by atoms with Crippen molar-refractivity contribution in [1.29, 1.82) is 0 Å². The van der Waals surface area contributed by atoms with Crippen molar-refractivity contribution >= 4 is 11.1 Å². The third-order valence-corrected chi connectivity index (χ3v) is 2.99. The zero-order chi connectivity index (χ0) is 12.8. The fourth-order valence-electron chi connectivity index (χ4n) is 2.04. The standard InChI is InChI=1S/C15H21NO2/c1-3-4-5-6-7-11-17-14-10-8-9-13-15(14)18-12(2)16-13/h8-10H,3-7,11H2,1-2H3. The number of fused-ring (bicyclic) bond motifs is 1. The molecule has 0 bridgehead atoms. The lowest BCUT2D eigenvalue weighted by Gasteiger charge is -2.05. The van der Waals surface area contributed by atoms with E-state index in [-0.39, 0.29) is 0 Å². The van der Waals surface area contributed by atoms with Crippen molar-refractivity contribution in [2.45, 2.75) is 46.0 Å². The SMILES string of the molecule is CCCCCCCOc1cccc2nc(C)oc12. The second kappa shape index (κ2) is 6.43. The molecule has 0 aliphatic rings. The zero-order valence-electron chi connectivity index (χ0n) is 11.2. The van der Waals surface area contributed by atoms with Crippen molar-refractivity contribution < 1.29 is 9.15 Å². The molecular weight excluding hydrogens is 226 g/mol. The maximum atomic E-state index is 5.78. The van der Waals surface area contributed by atoms with Gasteiger partial charge in [0.25, 0.3) is 0 Å². The summed E-state index contributed by atoms with van der Waals surface area (Å²) in [5.74, 6) is 1.49. The monoisotopic (exact) mass is 247 g/mol. The quantitative estimate of drug-likeness (QED) is 0.676. The van der Waals surface area contributed by atoms with Gasteiger partial charge < -0.3 is 9.15 Å². The molecule has 1 heterocycles. The number of para-hydroxylation sites is 1. The summed E-state index contributed by atoms with van der Waals surface area (Å²) < 4.78 is 11.3. The van der Waals surface area contributed by atoms with Crippen LogP contribution in [-0.2, 0) is 0 Å². The van der Waals surface area contributed by atoms with Gasteiger partial charge in [0.1, 0.15) is 5.52 Å². The fourth-order valence-corrected chi connectivity index (χ4v) is 2.04. The third kappa shape index (κ3) is 3.25. The van der Waals surface area contributed by atoms with Crippen LogP contribution in [0.4, 0.5) is 0 Å². The van der Waals surface area contributed by atoms with Crippen molar-refractivity contribution in [3.05, 3.63) is 24.1 Å². The molecule has 18 heavy (non-hydrogen) atoms. The van der Waals surface area contributed by atoms with E-state index in [2.05, 4.69) is 11.9 Å². The molecular formula is C15H21NO2. The molecule has 0 unspecified atom stereocenters. The molecule has 0 N–H and O–H groups in total. The van der Waals surface area contributed by atoms with E-state index in [9.17, 15) is 0 Å². The van der Waals surface area contributed by atoms with Crippen LogP contribution in [0.2, 0.25) is 0 Å². The van der Waals surface area contributed by atoms with Gasteiger partial charge in [0.15, 0.2) is 17.2 Å². The first-order valence-corrected chi connectivity index (χ1v) is 6.80. The fraction of sp³-hybridized carbons (Fsp3) is 0.533. The third-order valence-electron chi connectivity index (χ3n) is 2.99. The van der Waals surface area contributed by atoms with Gasteiger partial charge in [-0.2, -0.15) is 0 Å². The number of unbranched alkanes of at least 4 members (excludes halogenated alkanes) is 4. The van der Waals surface area contributed by atoms with Crippen LogP contribution in [0.15, 0.2) is 22.6 Å². The lowest BCUT2D eigenvalue weighted by atomic mass is 10.2. The molecule has 1 aromatic carbocycles. The van der Waals surface area contributed by atoms with E-state index in [1.165, 1.54) is 25.7 Å². The second-order valence-corrected chi connectivity index (χ2v) is 4.60. The predicted molar refractivity (Wildman–Crippen MR) is 73.0 cm³/mol. The average Bonchev–Trinajstić information content (AvgIpc) is 2.74. The maximum Gasteiger partial charge on any atom is 0.196 e. The Balaban J connectivity index is 1.87. The van der Waals surface area contributed by atoms with E-state index < -0.39 is 0 Å². The number of hydrogen-bond acceptors (Lipinski definition) is 3. The Morgan fingerprint density at radius 3 is 2.83 bits per heavy atom. The number of aryl methyl sites for hydroxylation is 1. The molecule has 0 amide bonds. The molecule has 0 radical (unpaired) electrons. The normalized spacial score (nSPS) is 11.0. The van der Waals surface area contributed by atoms with Crippen LogP contribution in [0.25, 0.3) is 11.1 Å². The summed E-state index contributed by atoms with van der Waals surface area (Å²) >= 11 is 0. The van der Waals surface area contributed by atoms with Crippen LogP contribution in [0.3, 0.4) is 0 Å². The van der Waals surface area contributed by atoms with E-state index in [4.69, 9.17) is 9.15 Å². The van der Waals surface area contributed by atoms with E-state index in [0.29, 0.717) is 5.89 Å². The van der Waals surface area contributed by atoms with Gasteiger partial charge in [-0.25, -0.2) is 4.98 Å². The van der Waals surface area contributed by atoms with Crippen LogP contribution in [0, 0.1) is 6.92 Å². The number of rotatable bonds is 7. The Morgan fingerprint density at radius 1 is 1.17 bits per heavy atom. The summed E-state index contributed by atoms with van der Waals surface area (Å²) in [7, 11) is 0. The van der Waals surface area contributed by atoms with Crippen LogP contribution in [0.1, 0.15) is 44.9 Å². The van der Waals surface area contributed by atoms with Crippen molar-refractivity contribution in [3.8, 4) is 5.75 Å². The van der Waals surface area contributed by atoms with E-state index >= 15 is 0 Å². The molecule has 1 aromatic heterocycles. The summed E-state index contributed by atoms with van der Waals surface area (Å²) in [5, 5.41) is 0. The highest BCUT2D eigenvalue weighted by Crippen LogP contribution is 2.26.